The fourth-order valence-corrected chi connectivity index (χ4v) is 5.12. The van der Waals surface area contributed by atoms with Gasteiger partial charge in [0, 0.05) is 19.8 Å². The molecule has 1 aromatic carbocycles. The summed E-state index contributed by atoms with van der Waals surface area (Å²) in [4.78, 5) is 14.4. The number of aliphatic hydroxyl groups excluding tert-OH is 3. The van der Waals surface area contributed by atoms with E-state index in [1.54, 1.807) is 11.8 Å². The largest absolute Gasteiger partial charge is 0.441 e. The van der Waals surface area contributed by atoms with Gasteiger partial charge in [-0.15, -0.1) is 0 Å². The fourth-order valence-electron chi connectivity index (χ4n) is 5.12. The SMILES string of the molecule is CCCCOC1C(OCCCC)[C@@H](CC[C@H]2[C@@H]([C@@H](C)O)OC(=O)N2Cc2ccccc2)OC(CO)[C@@H]1O. The number of hydrogen-bond donors (Lipinski definition) is 3. The summed E-state index contributed by atoms with van der Waals surface area (Å²) in [6.07, 6.45) is -0.779. The molecule has 3 N–H and O–H groups in total. The third kappa shape index (κ3) is 7.88. The molecule has 2 heterocycles. The van der Waals surface area contributed by atoms with Crippen LogP contribution >= 0.6 is 0 Å². The van der Waals surface area contributed by atoms with E-state index in [9.17, 15) is 20.1 Å². The van der Waals surface area contributed by atoms with Gasteiger partial charge in [0.25, 0.3) is 0 Å². The molecule has 0 aromatic heterocycles. The molecule has 1 aromatic rings. The predicted octanol–water partition coefficient (Wildman–Crippen LogP) is 3.03. The van der Waals surface area contributed by atoms with Crippen LogP contribution in [0.25, 0.3) is 0 Å². The van der Waals surface area contributed by atoms with Crippen molar-refractivity contribution >= 4 is 6.09 Å². The first-order chi connectivity index (χ1) is 17.9. The molecule has 0 bridgehead atoms. The maximum atomic E-state index is 12.8. The third-order valence-corrected chi connectivity index (χ3v) is 7.22. The smallest absolute Gasteiger partial charge is 0.410 e. The van der Waals surface area contributed by atoms with Crippen LogP contribution in [-0.2, 0) is 25.5 Å². The molecule has 0 saturated carbocycles. The number of nitrogens with zero attached hydrogens (tertiary/aromatic N) is 1. The first-order valence-corrected chi connectivity index (χ1v) is 13.8. The molecule has 0 spiro atoms. The van der Waals surface area contributed by atoms with E-state index < -0.39 is 48.8 Å². The Morgan fingerprint density at radius 1 is 1.00 bits per heavy atom. The zero-order valence-electron chi connectivity index (χ0n) is 22.4. The standard InChI is InChI=1S/C28H45NO8/c1-4-6-15-34-26-22(36-23(18-30)24(32)27(26)35-16-7-5-2)14-13-21-25(19(3)31)37-28(33)29(21)17-20-11-9-8-10-12-20/h8-12,19,21-27,30-32H,4-7,13-18H2,1-3H3/t19-,21+,22-,23?,24+,25-,26?,27?/m1/s1. The van der Waals surface area contributed by atoms with Crippen LogP contribution in [0.2, 0.25) is 0 Å². The first-order valence-electron chi connectivity index (χ1n) is 13.8. The van der Waals surface area contributed by atoms with Crippen molar-refractivity contribution in [1.29, 1.82) is 0 Å². The summed E-state index contributed by atoms with van der Waals surface area (Å²) >= 11 is 0. The zero-order valence-corrected chi connectivity index (χ0v) is 22.4. The lowest BCUT2D eigenvalue weighted by Gasteiger charge is -2.44. The summed E-state index contributed by atoms with van der Waals surface area (Å²) in [6.45, 7) is 6.80. The van der Waals surface area contributed by atoms with Crippen molar-refractivity contribution in [3.8, 4) is 0 Å². The highest BCUT2D eigenvalue weighted by Gasteiger charge is 2.48. The molecular formula is C28H45NO8. The number of rotatable bonds is 15. The summed E-state index contributed by atoms with van der Waals surface area (Å²) in [5.74, 6) is 0. The van der Waals surface area contributed by atoms with Gasteiger partial charge >= 0.3 is 6.09 Å². The maximum Gasteiger partial charge on any atom is 0.410 e. The average molecular weight is 524 g/mol. The molecule has 8 atom stereocenters. The lowest BCUT2D eigenvalue weighted by atomic mass is 9.90. The van der Waals surface area contributed by atoms with Crippen LogP contribution in [-0.4, -0.2) is 94.9 Å². The van der Waals surface area contributed by atoms with Gasteiger partial charge in [0.05, 0.1) is 24.9 Å². The second-order valence-electron chi connectivity index (χ2n) is 10.1. The summed E-state index contributed by atoms with van der Waals surface area (Å²) in [5.41, 5.74) is 0.971. The van der Waals surface area contributed by atoms with Crippen molar-refractivity contribution in [1.82, 2.24) is 4.90 Å². The Hall–Kier alpha value is -1.75. The van der Waals surface area contributed by atoms with Crippen molar-refractivity contribution in [2.45, 2.75) is 115 Å². The average Bonchev–Trinajstić information content (AvgIpc) is 3.20. The van der Waals surface area contributed by atoms with Crippen LogP contribution in [0.5, 0.6) is 0 Å². The monoisotopic (exact) mass is 523 g/mol. The zero-order chi connectivity index (χ0) is 26.8. The topological polar surface area (TPSA) is 118 Å². The van der Waals surface area contributed by atoms with Gasteiger partial charge in [-0.2, -0.15) is 0 Å². The summed E-state index contributed by atoms with van der Waals surface area (Å²) in [6, 6.07) is 9.30. The molecule has 0 radical (unpaired) electrons. The molecule has 2 saturated heterocycles. The van der Waals surface area contributed by atoms with Crippen LogP contribution in [0.3, 0.4) is 0 Å². The molecule has 2 aliphatic rings. The first kappa shape index (κ1) is 29.8. The molecular weight excluding hydrogens is 478 g/mol. The highest BCUT2D eigenvalue weighted by Crippen LogP contribution is 2.33. The Bertz CT molecular complexity index is 794. The predicted molar refractivity (Wildman–Crippen MR) is 138 cm³/mol. The minimum Gasteiger partial charge on any atom is -0.441 e. The Morgan fingerprint density at radius 2 is 1.65 bits per heavy atom. The van der Waals surface area contributed by atoms with E-state index in [2.05, 4.69) is 13.8 Å². The molecule has 210 valence electrons. The number of carbonyl (C=O) groups excluding carboxylic acids is 1. The molecule has 1 amide bonds. The van der Waals surface area contributed by atoms with E-state index in [0.29, 0.717) is 32.6 Å². The van der Waals surface area contributed by atoms with Crippen molar-refractivity contribution in [2.24, 2.45) is 0 Å². The molecule has 9 nitrogen and oxygen atoms in total. The summed E-state index contributed by atoms with van der Waals surface area (Å²) < 4.78 is 24.0. The summed E-state index contributed by atoms with van der Waals surface area (Å²) in [5, 5.41) is 31.2. The van der Waals surface area contributed by atoms with E-state index in [1.165, 1.54) is 0 Å². The fraction of sp³-hybridized carbons (Fsp3) is 0.750. The lowest BCUT2D eigenvalue weighted by molar-refractivity contribution is -0.254. The van der Waals surface area contributed by atoms with Gasteiger partial charge < -0.3 is 34.3 Å². The van der Waals surface area contributed by atoms with Crippen molar-refractivity contribution in [3.05, 3.63) is 35.9 Å². The van der Waals surface area contributed by atoms with E-state index in [-0.39, 0.29) is 12.6 Å². The van der Waals surface area contributed by atoms with E-state index in [4.69, 9.17) is 18.9 Å². The van der Waals surface area contributed by atoms with Gasteiger partial charge in [0.15, 0.2) is 0 Å². The molecule has 0 aliphatic carbocycles. The Kier molecular flexibility index (Phi) is 12.1. The normalized spacial score (nSPS) is 30.9. The van der Waals surface area contributed by atoms with Crippen molar-refractivity contribution in [2.75, 3.05) is 19.8 Å². The number of carbonyl (C=O) groups is 1. The van der Waals surface area contributed by atoms with Gasteiger partial charge in [-0.05, 0) is 38.2 Å². The van der Waals surface area contributed by atoms with Gasteiger partial charge in [0.1, 0.15) is 30.5 Å². The number of ether oxygens (including phenoxy) is 4. The number of amides is 1. The third-order valence-electron chi connectivity index (χ3n) is 7.22. The highest BCUT2D eigenvalue weighted by atomic mass is 16.6. The van der Waals surface area contributed by atoms with Gasteiger partial charge in [-0.3, -0.25) is 4.90 Å². The molecule has 2 aliphatic heterocycles. The number of cyclic esters (lactones) is 1. The van der Waals surface area contributed by atoms with Crippen LogP contribution in [0.15, 0.2) is 30.3 Å². The molecule has 3 unspecified atom stereocenters. The van der Waals surface area contributed by atoms with E-state index >= 15 is 0 Å². The van der Waals surface area contributed by atoms with Gasteiger partial charge in [-0.25, -0.2) is 4.79 Å². The van der Waals surface area contributed by atoms with E-state index in [1.807, 2.05) is 30.3 Å². The molecule has 2 fully saturated rings. The second kappa shape index (κ2) is 15.0. The van der Waals surface area contributed by atoms with Crippen LogP contribution in [0.1, 0.15) is 64.9 Å². The minimum atomic E-state index is -1.01. The van der Waals surface area contributed by atoms with Gasteiger partial charge in [-0.1, -0.05) is 57.0 Å². The Balaban J connectivity index is 1.78. The number of hydrogen-bond acceptors (Lipinski definition) is 8. The van der Waals surface area contributed by atoms with Crippen molar-refractivity contribution < 1.29 is 39.1 Å². The summed E-state index contributed by atoms with van der Waals surface area (Å²) in [7, 11) is 0. The molecule has 37 heavy (non-hydrogen) atoms. The quantitative estimate of drug-likeness (QED) is 0.300. The maximum absolute atomic E-state index is 12.8. The Morgan fingerprint density at radius 3 is 2.24 bits per heavy atom. The molecule has 9 heteroatoms. The lowest BCUT2D eigenvalue weighted by Crippen LogP contribution is -2.60. The van der Waals surface area contributed by atoms with Crippen molar-refractivity contribution in [3.63, 3.8) is 0 Å². The van der Waals surface area contributed by atoms with E-state index in [0.717, 1.165) is 31.2 Å². The number of aliphatic hydroxyl groups is 3. The van der Waals surface area contributed by atoms with Crippen LogP contribution < -0.4 is 0 Å². The molecule has 3 rings (SSSR count). The minimum absolute atomic E-state index is 0.339. The second-order valence-corrected chi connectivity index (χ2v) is 10.1. The van der Waals surface area contributed by atoms with Crippen LogP contribution in [0, 0.1) is 0 Å². The van der Waals surface area contributed by atoms with Gasteiger partial charge in [0.2, 0.25) is 0 Å². The van der Waals surface area contributed by atoms with Crippen LogP contribution in [0.4, 0.5) is 4.79 Å². The Labute approximate surface area is 220 Å². The number of benzene rings is 1. The number of unbranched alkanes of at least 4 members (excludes halogenated alkanes) is 2. The highest BCUT2D eigenvalue weighted by molar-refractivity contribution is 5.70.